The van der Waals surface area contributed by atoms with Crippen molar-refractivity contribution >= 4 is 36.4 Å². The molecule has 1 fully saturated rings. The summed E-state index contributed by atoms with van der Waals surface area (Å²) >= 11 is 0. The fourth-order valence-electron chi connectivity index (χ4n) is 3.46. The van der Waals surface area contributed by atoms with Crippen LogP contribution in [0.2, 0.25) is 6.04 Å². The van der Waals surface area contributed by atoms with Crippen LogP contribution in [0, 0.1) is 0 Å². The lowest BCUT2D eigenvalue weighted by Crippen LogP contribution is -2.64. The summed E-state index contributed by atoms with van der Waals surface area (Å²) in [7, 11) is 4.39. The molecule has 0 amide bonds. The van der Waals surface area contributed by atoms with Crippen LogP contribution in [0.4, 0.5) is 0 Å². The number of hydrogen-bond acceptors (Lipinski definition) is 3. The molecule has 0 bridgehead atoms. The number of benzene rings is 1. The monoisotopic (exact) mass is 376 g/mol. The highest BCUT2D eigenvalue weighted by Crippen LogP contribution is 2.42. The minimum absolute atomic E-state index is 0. The van der Waals surface area contributed by atoms with E-state index in [4.69, 9.17) is 13.6 Å². The van der Waals surface area contributed by atoms with Crippen LogP contribution >= 0.6 is 12.4 Å². The molecule has 0 saturated carbocycles. The number of hydrogen-bond donors (Lipinski definition) is 0. The Morgan fingerprint density at radius 2 is 1.70 bits per heavy atom. The molecule has 23 heavy (non-hydrogen) atoms. The maximum absolute atomic E-state index is 5.83. The summed E-state index contributed by atoms with van der Waals surface area (Å²) in [4.78, 5) is 0. The van der Waals surface area contributed by atoms with Gasteiger partial charge in [-0.05, 0) is 18.9 Å². The summed E-state index contributed by atoms with van der Waals surface area (Å²) in [6.45, 7) is 2.19. The molecule has 1 saturated heterocycles. The summed E-state index contributed by atoms with van der Waals surface area (Å²) in [5, 5.41) is 1.34. The van der Waals surface area contributed by atoms with E-state index < -0.39 is 8.56 Å². The summed E-state index contributed by atoms with van der Waals surface area (Å²) in [5.41, 5.74) is 0. The maximum Gasteiger partial charge on any atom is 0.370 e. The van der Waals surface area contributed by atoms with Gasteiger partial charge in [-0.25, -0.2) is 0 Å². The van der Waals surface area contributed by atoms with Crippen LogP contribution in [0.15, 0.2) is 30.3 Å². The standard InChI is InChI=1S/C11H24O3Si.C6H8Si.ClH/c1-5-8-11(12-2)9-6-7-10-15(11,13-3)14-4;7-6-4-2-1-3-5-6;/h5-10H2,1-4H3;1-5H,7H3;1H. The van der Waals surface area contributed by atoms with Crippen LogP contribution in [0.3, 0.4) is 0 Å². The largest absolute Gasteiger partial charge is 0.396 e. The minimum Gasteiger partial charge on any atom is -0.396 e. The number of rotatable bonds is 5. The van der Waals surface area contributed by atoms with Crippen LogP contribution < -0.4 is 5.19 Å². The van der Waals surface area contributed by atoms with Gasteiger partial charge in [0.25, 0.3) is 0 Å². The van der Waals surface area contributed by atoms with Crippen LogP contribution in [-0.2, 0) is 13.6 Å². The van der Waals surface area contributed by atoms with Gasteiger partial charge in [0.15, 0.2) is 0 Å². The van der Waals surface area contributed by atoms with Crippen molar-refractivity contribution in [2.75, 3.05) is 21.3 Å². The summed E-state index contributed by atoms with van der Waals surface area (Å²) in [5.74, 6) is 0. The first-order valence-corrected chi connectivity index (χ1v) is 11.3. The Labute approximate surface area is 152 Å². The second-order valence-electron chi connectivity index (χ2n) is 5.97. The normalized spacial score (nSPS) is 22.6. The molecule has 0 radical (unpaired) electrons. The van der Waals surface area contributed by atoms with Crippen molar-refractivity contribution < 1.29 is 13.6 Å². The van der Waals surface area contributed by atoms with E-state index >= 15 is 0 Å². The van der Waals surface area contributed by atoms with E-state index in [1.165, 1.54) is 28.3 Å². The predicted molar refractivity (Wildman–Crippen MR) is 106 cm³/mol. The Kier molecular flexibility index (Phi) is 11.3. The van der Waals surface area contributed by atoms with Gasteiger partial charge >= 0.3 is 8.56 Å². The third-order valence-corrected chi connectivity index (χ3v) is 9.77. The van der Waals surface area contributed by atoms with Crippen molar-refractivity contribution in [3.8, 4) is 0 Å². The molecular weight excluding hydrogens is 344 g/mol. The summed E-state index contributed by atoms with van der Waals surface area (Å²) in [6, 6.07) is 11.5. The van der Waals surface area contributed by atoms with Crippen molar-refractivity contribution in [3.63, 3.8) is 0 Å². The van der Waals surface area contributed by atoms with Crippen molar-refractivity contribution in [2.45, 2.75) is 50.3 Å². The van der Waals surface area contributed by atoms with Gasteiger partial charge in [-0.1, -0.05) is 61.7 Å². The topological polar surface area (TPSA) is 27.7 Å². The maximum atomic E-state index is 5.83. The molecule has 1 heterocycles. The molecule has 1 aromatic rings. The van der Waals surface area contributed by atoms with Gasteiger partial charge in [-0.15, -0.1) is 12.4 Å². The summed E-state index contributed by atoms with van der Waals surface area (Å²) < 4.78 is 17.4. The van der Waals surface area contributed by atoms with E-state index in [0.29, 0.717) is 0 Å². The van der Waals surface area contributed by atoms with Gasteiger partial charge in [0.2, 0.25) is 0 Å². The highest BCUT2D eigenvalue weighted by Gasteiger charge is 2.58. The van der Waals surface area contributed by atoms with Gasteiger partial charge in [0.05, 0.1) is 0 Å². The Morgan fingerprint density at radius 3 is 2.09 bits per heavy atom. The molecule has 1 atom stereocenters. The van der Waals surface area contributed by atoms with E-state index in [9.17, 15) is 0 Å². The van der Waals surface area contributed by atoms with Crippen molar-refractivity contribution in [2.24, 2.45) is 0 Å². The lowest BCUT2D eigenvalue weighted by atomic mass is 10.1. The smallest absolute Gasteiger partial charge is 0.370 e. The molecule has 1 unspecified atom stereocenters. The second-order valence-corrected chi connectivity index (χ2v) is 10.9. The highest BCUT2D eigenvalue weighted by molar-refractivity contribution is 6.70. The molecule has 0 aromatic heterocycles. The summed E-state index contributed by atoms with van der Waals surface area (Å²) in [6.07, 6.45) is 5.70. The molecule has 6 heteroatoms. The van der Waals surface area contributed by atoms with Gasteiger partial charge in [-0.2, -0.15) is 0 Å². The van der Waals surface area contributed by atoms with E-state index in [0.717, 1.165) is 25.3 Å². The first kappa shape index (κ1) is 22.8. The molecule has 3 nitrogen and oxygen atoms in total. The molecule has 1 aliphatic rings. The SMILES string of the molecule is CCCC1(OC)CCCC[Si]1(OC)OC.Cl.[SiH3]c1ccccc1. The van der Waals surface area contributed by atoms with Gasteiger partial charge < -0.3 is 13.6 Å². The zero-order valence-electron chi connectivity index (χ0n) is 15.3. The molecule has 0 aliphatic carbocycles. The van der Waals surface area contributed by atoms with E-state index in [1.807, 2.05) is 6.07 Å². The lowest BCUT2D eigenvalue weighted by Gasteiger charge is -2.47. The lowest BCUT2D eigenvalue weighted by molar-refractivity contribution is -0.0149. The second kappa shape index (κ2) is 11.4. The van der Waals surface area contributed by atoms with Crippen molar-refractivity contribution in [1.82, 2.24) is 0 Å². The van der Waals surface area contributed by atoms with Crippen molar-refractivity contribution in [3.05, 3.63) is 30.3 Å². The fraction of sp³-hybridized carbons (Fsp3) is 0.647. The average molecular weight is 377 g/mol. The first-order chi connectivity index (χ1) is 10.6. The number of halogens is 1. The Bertz CT molecular complexity index is 412. The Morgan fingerprint density at radius 1 is 1.09 bits per heavy atom. The molecule has 2 rings (SSSR count). The third kappa shape index (κ3) is 5.69. The number of methoxy groups -OCH3 is 1. The third-order valence-electron chi connectivity index (χ3n) is 4.68. The van der Waals surface area contributed by atoms with Gasteiger partial charge in [0, 0.05) is 31.6 Å². The predicted octanol–water partition coefficient (Wildman–Crippen LogP) is 2.73. The molecule has 0 spiro atoms. The van der Waals surface area contributed by atoms with Crippen LogP contribution in [0.5, 0.6) is 0 Å². The van der Waals surface area contributed by atoms with E-state index in [-0.39, 0.29) is 17.6 Å². The van der Waals surface area contributed by atoms with Crippen molar-refractivity contribution in [1.29, 1.82) is 0 Å². The first-order valence-electron chi connectivity index (χ1n) is 8.27. The zero-order chi connectivity index (χ0) is 16.5. The number of ether oxygens (including phenoxy) is 1. The van der Waals surface area contributed by atoms with Crippen LogP contribution in [0.25, 0.3) is 0 Å². The average Bonchev–Trinajstić information content (AvgIpc) is 2.57. The molecule has 134 valence electrons. The highest BCUT2D eigenvalue weighted by atomic mass is 35.5. The van der Waals surface area contributed by atoms with Crippen LogP contribution in [-0.4, -0.2) is 45.4 Å². The minimum atomic E-state index is -2.15. The van der Waals surface area contributed by atoms with Crippen LogP contribution in [0.1, 0.15) is 39.0 Å². The van der Waals surface area contributed by atoms with E-state index in [1.54, 1.807) is 21.3 Å². The quantitative estimate of drug-likeness (QED) is 0.739. The fourth-order valence-corrected chi connectivity index (χ4v) is 7.83. The Balaban J connectivity index is 0.000000509. The van der Waals surface area contributed by atoms with Gasteiger partial charge in [-0.3, -0.25) is 0 Å². The molecule has 1 aliphatic heterocycles. The Hall–Kier alpha value is -0.176. The molecule has 0 N–H and O–H groups in total. The van der Waals surface area contributed by atoms with E-state index in [2.05, 4.69) is 31.2 Å². The van der Waals surface area contributed by atoms with Gasteiger partial charge in [0.1, 0.15) is 5.22 Å². The zero-order valence-corrected chi connectivity index (χ0v) is 19.1. The molecular formula is C17H33ClO3Si2. The molecule has 1 aromatic carbocycles.